The summed E-state index contributed by atoms with van der Waals surface area (Å²) in [5, 5.41) is 0.886. The minimum absolute atomic E-state index is 0.0675. The molecular weight excluding hydrogens is 340 g/mol. The lowest BCUT2D eigenvalue weighted by atomic mass is 10.1. The van der Waals surface area contributed by atoms with Gasteiger partial charge >= 0.3 is 0 Å². The molecule has 2 heterocycles. The number of amides is 1. The zero-order valence-electron chi connectivity index (χ0n) is 15.9. The number of carbonyl (C=O) groups is 1. The molecule has 1 amide bonds. The number of carbonyl (C=O) groups excluding carboxylic acids is 1. The van der Waals surface area contributed by atoms with Crippen molar-refractivity contribution in [3.63, 3.8) is 0 Å². The molecule has 1 aliphatic rings. The molecule has 1 atom stereocenters. The Morgan fingerprint density at radius 3 is 2.74 bits per heavy atom. The molecule has 0 fully saturated rings. The molecule has 0 radical (unpaired) electrons. The fourth-order valence-electron chi connectivity index (χ4n) is 3.72. The van der Waals surface area contributed by atoms with Crippen LogP contribution >= 0.6 is 0 Å². The highest BCUT2D eigenvalue weighted by Gasteiger charge is 2.27. The number of aromatic amines is 1. The molecule has 0 saturated carbocycles. The van der Waals surface area contributed by atoms with Crippen molar-refractivity contribution in [1.82, 2.24) is 4.98 Å². The average molecular weight is 364 g/mol. The van der Waals surface area contributed by atoms with Gasteiger partial charge in [-0.2, -0.15) is 0 Å². The molecule has 0 bridgehead atoms. The van der Waals surface area contributed by atoms with E-state index in [4.69, 9.17) is 9.47 Å². The number of aromatic nitrogens is 1. The number of anilines is 1. The van der Waals surface area contributed by atoms with Crippen molar-refractivity contribution >= 4 is 22.5 Å². The summed E-state index contributed by atoms with van der Waals surface area (Å²) < 4.78 is 11.8. The molecule has 1 aromatic heterocycles. The molecule has 4 rings (SSSR count). The molecule has 5 nitrogen and oxygen atoms in total. The normalized spacial score (nSPS) is 15.4. The van der Waals surface area contributed by atoms with Gasteiger partial charge in [0, 0.05) is 29.6 Å². The van der Waals surface area contributed by atoms with Crippen LogP contribution in [0.5, 0.6) is 11.5 Å². The van der Waals surface area contributed by atoms with E-state index in [0.717, 1.165) is 40.1 Å². The molecule has 1 N–H and O–H groups in total. The van der Waals surface area contributed by atoms with Gasteiger partial charge < -0.3 is 19.4 Å². The lowest BCUT2D eigenvalue weighted by Gasteiger charge is -2.20. The predicted octanol–water partition coefficient (Wildman–Crippen LogP) is 4.56. The molecule has 0 saturated heterocycles. The standard InChI is InChI=1S/C22H24N2O3/c1-4-24(16-9-7-6-8-10-16)22(25)18-13-17-19(26-5-2)12-15-11-14(3)27-21(15)20(17)23-18/h6-10,12-14,23H,4-5,11H2,1-3H3. The average Bonchev–Trinajstić information content (AvgIpc) is 3.27. The molecule has 1 unspecified atom stereocenters. The topological polar surface area (TPSA) is 54.6 Å². The summed E-state index contributed by atoms with van der Waals surface area (Å²) in [6.07, 6.45) is 0.970. The van der Waals surface area contributed by atoms with Gasteiger partial charge in [0.25, 0.3) is 5.91 Å². The highest BCUT2D eigenvalue weighted by Crippen LogP contribution is 2.41. The maximum atomic E-state index is 13.2. The molecule has 3 aromatic rings. The Labute approximate surface area is 158 Å². The van der Waals surface area contributed by atoms with E-state index >= 15 is 0 Å². The van der Waals surface area contributed by atoms with Crippen LogP contribution in [0.1, 0.15) is 36.8 Å². The summed E-state index contributed by atoms with van der Waals surface area (Å²) in [6, 6.07) is 13.6. The number of para-hydroxylation sites is 1. The van der Waals surface area contributed by atoms with Crippen LogP contribution in [0.4, 0.5) is 5.69 Å². The monoisotopic (exact) mass is 364 g/mol. The number of hydrogen-bond donors (Lipinski definition) is 1. The van der Waals surface area contributed by atoms with Crippen molar-refractivity contribution in [3.8, 4) is 11.5 Å². The number of nitrogens with one attached hydrogen (secondary N) is 1. The Morgan fingerprint density at radius 1 is 1.26 bits per heavy atom. The van der Waals surface area contributed by atoms with Crippen LogP contribution in [0.25, 0.3) is 10.9 Å². The van der Waals surface area contributed by atoms with Crippen LogP contribution < -0.4 is 14.4 Å². The third-order valence-electron chi connectivity index (χ3n) is 4.89. The Morgan fingerprint density at radius 2 is 2.04 bits per heavy atom. The first kappa shape index (κ1) is 17.5. The van der Waals surface area contributed by atoms with Gasteiger partial charge in [0.15, 0.2) is 0 Å². The number of nitrogens with zero attached hydrogens (tertiary/aromatic N) is 1. The van der Waals surface area contributed by atoms with Gasteiger partial charge in [-0.3, -0.25) is 4.79 Å². The summed E-state index contributed by atoms with van der Waals surface area (Å²) >= 11 is 0. The Balaban J connectivity index is 1.80. The molecular formula is C22H24N2O3. The summed E-state index contributed by atoms with van der Waals surface area (Å²) in [6.45, 7) is 7.15. The van der Waals surface area contributed by atoms with E-state index in [1.165, 1.54) is 0 Å². The lowest BCUT2D eigenvalue weighted by Crippen LogP contribution is -2.30. The summed E-state index contributed by atoms with van der Waals surface area (Å²) in [5.74, 6) is 1.56. The number of rotatable bonds is 5. The summed E-state index contributed by atoms with van der Waals surface area (Å²) in [4.78, 5) is 18.3. The maximum Gasteiger partial charge on any atom is 0.274 e. The number of hydrogen-bond acceptors (Lipinski definition) is 3. The van der Waals surface area contributed by atoms with Gasteiger partial charge in [0.1, 0.15) is 23.3 Å². The van der Waals surface area contributed by atoms with Gasteiger partial charge in [0.2, 0.25) is 0 Å². The van der Waals surface area contributed by atoms with E-state index in [1.54, 1.807) is 4.90 Å². The molecule has 27 heavy (non-hydrogen) atoms. The van der Waals surface area contributed by atoms with Gasteiger partial charge in [-0.05, 0) is 45.0 Å². The van der Waals surface area contributed by atoms with Crippen molar-refractivity contribution in [2.75, 3.05) is 18.1 Å². The van der Waals surface area contributed by atoms with Crippen molar-refractivity contribution in [2.45, 2.75) is 33.3 Å². The second-order valence-electron chi connectivity index (χ2n) is 6.79. The molecule has 2 aromatic carbocycles. The van der Waals surface area contributed by atoms with E-state index in [2.05, 4.69) is 11.9 Å². The third kappa shape index (κ3) is 3.03. The van der Waals surface area contributed by atoms with E-state index in [-0.39, 0.29) is 12.0 Å². The van der Waals surface area contributed by atoms with Crippen LogP contribution in [0.15, 0.2) is 42.5 Å². The molecule has 0 spiro atoms. The van der Waals surface area contributed by atoms with E-state index in [0.29, 0.717) is 18.8 Å². The summed E-state index contributed by atoms with van der Waals surface area (Å²) in [7, 11) is 0. The van der Waals surface area contributed by atoms with E-state index in [9.17, 15) is 4.79 Å². The van der Waals surface area contributed by atoms with Gasteiger partial charge in [0.05, 0.1) is 12.1 Å². The molecule has 5 heteroatoms. The first-order valence-corrected chi connectivity index (χ1v) is 9.47. The fourth-order valence-corrected chi connectivity index (χ4v) is 3.72. The van der Waals surface area contributed by atoms with Crippen LogP contribution in [-0.4, -0.2) is 30.1 Å². The number of H-pyrrole nitrogens is 1. The third-order valence-corrected chi connectivity index (χ3v) is 4.89. The smallest absolute Gasteiger partial charge is 0.274 e. The Hall–Kier alpha value is -2.95. The molecule has 140 valence electrons. The Bertz CT molecular complexity index is 978. The zero-order valence-corrected chi connectivity index (χ0v) is 15.9. The quantitative estimate of drug-likeness (QED) is 0.722. The number of benzene rings is 2. The predicted molar refractivity (Wildman–Crippen MR) is 107 cm³/mol. The largest absolute Gasteiger partial charge is 0.493 e. The fraction of sp³-hybridized carbons (Fsp3) is 0.318. The first-order chi connectivity index (χ1) is 13.1. The highest BCUT2D eigenvalue weighted by molar-refractivity contribution is 6.09. The van der Waals surface area contributed by atoms with Gasteiger partial charge in [-0.1, -0.05) is 18.2 Å². The molecule has 0 aliphatic carbocycles. The van der Waals surface area contributed by atoms with Crippen molar-refractivity contribution in [3.05, 3.63) is 53.7 Å². The van der Waals surface area contributed by atoms with E-state index < -0.39 is 0 Å². The van der Waals surface area contributed by atoms with Crippen molar-refractivity contribution in [2.24, 2.45) is 0 Å². The van der Waals surface area contributed by atoms with Crippen LogP contribution in [0, 0.1) is 0 Å². The number of ether oxygens (including phenoxy) is 2. The van der Waals surface area contributed by atoms with Crippen molar-refractivity contribution < 1.29 is 14.3 Å². The SMILES string of the molecule is CCOc1cc2c(c3[nH]c(C(=O)N(CC)c4ccccc4)cc13)OC(C)C2. The minimum atomic E-state index is -0.0675. The summed E-state index contributed by atoms with van der Waals surface area (Å²) in [5.41, 5.74) is 3.37. The second-order valence-corrected chi connectivity index (χ2v) is 6.79. The zero-order chi connectivity index (χ0) is 19.0. The van der Waals surface area contributed by atoms with Gasteiger partial charge in [-0.15, -0.1) is 0 Å². The maximum absolute atomic E-state index is 13.2. The molecule has 1 aliphatic heterocycles. The minimum Gasteiger partial charge on any atom is -0.493 e. The van der Waals surface area contributed by atoms with Gasteiger partial charge in [-0.25, -0.2) is 0 Å². The van der Waals surface area contributed by atoms with Crippen molar-refractivity contribution in [1.29, 1.82) is 0 Å². The van der Waals surface area contributed by atoms with Crippen LogP contribution in [0.2, 0.25) is 0 Å². The number of fused-ring (bicyclic) bond motifs is 3. The lowest BCUT2D eigenvalue weighted by molar-refractivity contribution is 0.0984. The highest BCUT2D eigenvalue weighted by atomic mass is 16.5. The van der Waals surface area contributed by atoms with E-state index in [1.807, 2.05) is 56.3 Å². The first-order valence-electron chi connectivity index (χ1n) is 9.47. The Kier molecular flexibility index (Phi) is 4.52. The second kappa shape index (κ2) is 6.99. The van der Waals surface area contributed by atoms with Crippen LogP contribution in [-0.2, 0) is 6.42 Å². The van der Waals surface area contributed by atoms with Crippen LogP contribution in [0.3, 0.4) is 0 Å².